The Hall–Kier alpha value is -5.31. The molecule has 43 heavy (non-hydrogen) atoms. The maximum Gasteiger partial charge on any atom is 0.344 e. The number of fused-ring (bicyclic) bond motifs is 1. The van der Waals surface area contributed by atoms with E-state index >= 15 is 0 Å². The number of amides is 1. The Morgan fingerprint density at radius 2 is 1.65 bits per heavy atom. The van der Waals surface area contributed by atoms with E-state index in [9.17, 15) is 9.59 Å². The molecule has 9 heteroatoms. The van der Waals surface area contributed by atoms with Gasteiger partial charge in [0.05, 0.1) is 12.3 Å². The fraction of sp³-hybridized carbons (Fsp3) is 0.206. The molecule has 0 bridgehead atoms. The lowest BCUT2D eigenvalue weighted by Gasteiger charge is -2.12. The van der Waals surface area contributed by atoms with Gasteiger partial charge in [-0.2, -0.15) is 5.10 Å². The van der Waals surface area contributed by atoms with Crippen LogP contribution in [0.15, 0.2) is 94.4 Å². The van der Waals surface area contributed by atoms with Crippen LogP contribution in [-0.4, -0.2) is 35.4 Å². The summed E-state index contributed by atoms with van der Waals surface area (Å²) in [6.07, 6.45) is 1.24. The standard InChI is InChI=1S/C34H33N3O6/c1-22(2)42-33(38)21-41-31-17-11-25-7-5-6-8-29(25)30(31)19-35-36-34(39)32-18-16-28(43-32)20-40-27-14-12-26(13-15-27)37-23(3)9-10-24(37)4/h5-19,22H,20-21H2,1-4H3,(H,36,39)/b35-19+. The van der Waals surface area contributed by atoms with Crippen molar-refractivity contribution in [2.24, 2.45) is 5.10 Å². The first kappa shape index (κ1) is 29.2. The Morgan fingerprint density at radius 3 is 2.40 bits per heavy atom. The first-order valence-electron chi connectivity index (χ1n) is 13.9. The summed E-state index contributed by atoms with van der Waals surface area (Å²) < 4.78 is 24.6. The summed E-state index contributed by atoms with van der Waals surface area (Å²) in [5.74, 6) is 0.706. The van der Waals surface area contributed by atoms with Crippen LogP contribution in [-0.2, 0) is 16.1 Å². The third-order valence-electron chi connectivity index (χ3n) is 6.64. The van der Waals surface area contributed by atoms with Gasteiger partial charge in [-0.3, -0.25) is 4.79 Å². The lowest BCUT2D eigenvalue weighted by Crippen LogP contribution is -2.19. The number of hydrogen-bond donors (Lipinski definition) is 1. The molecule has 0 fully saturated rings. The summed E-state index contributed by atoms with van der Waals surface area (Å²) in [6.45, 7) is 7.59. The van der Waals surface area contributed by atoms with Crippen molar-refractivity contribution in [3.8, 4) is 17.2 Å². The van der Waals surface area contributed by atoms with E-state index in [1.54, 1.807) is 32.0 Å². The number of rotatable bonds is 11. The van der Waals surface area contributed by atoms with Crippen LogP contribution in [0.3, 0.4) is 0 Å². The van der Waals surface area contributed by atoms with Gasteiger partial charge in [0.15, 0.2) is 12.4 Å². The Bertz CT molecular complexity index is 1750. The van der Waals surface area contributed by atoms with Crippen molar-refractivity contribution >= 4 is 28.9 Å². The highest BCUT2D eigenvalue weighted by atomic mass is 16.6. The van der Waals surface area contributed by atoms with Crippen LogP contribution in [0.1, 0.15) is 47.1 Å². The molecule has 5 aromatic rings. The second kappa shape index (κ2) is 13.1. The van der Waals surface area contributed by atoms with E-state index in [1.165, 1.54) is 6.21 Å². The zero-order chi connectivity index (χ0) is 30.3. The molecule has 0 radical (unpaired) electrons. The number of carbonyl (C=O) groups excluding carboxylic acids is 2. The number of carbonyl (C=O) groups is 2. The molecule has 0 aliphatic rings. The lowest BCUT2D eigenvalue weighted by atomic mass is 10.0. The molecule has 0 aliphatic heterocycles. The second-order valence-corrected chi connectivity index (χ2v) is 10.2. The molecule has 0 atom stereocenters. The van der Waals surface area contributed by atoms with Crippen molar-refractivity contribution in [2.45, 2.75) is 40.4 Å². The monoisotopic (exact) mass is 579 g/mol. The molecule has 2 heterocycles. The van der Waals surface area contributed by atoms with Gasteiger partial charge in [-0.15, -0.1) is 0 Å². The number of benzene rings is 3. The van der Waals surface area contributed by atoms with Crippen molar-refractivity contribution in [3.05, 3.63) is 113 Å². The molecule has 0 aliphatic carbocycles. The Morgan fingerprint density at radius 1 is 0.907 bits per heavy atom. The van der Waals surface area contributed by atoms with E-state index in [1.807, 2.05) is 54.6 Å². The number of nitrogens with one attached hydrogen (secondary N) is 1. The summed E-state index contributed by atoms with van der Waals surface area (Å²) in [4.78, 5) is 24.8. The number of ether oxygens (including phenoxy) is 3. The molecule has 1 amide bonds. The van der Waals surface area contributed by atoms with Gasteiger partial charge in [0.2, 0.25) is 0 Å². The minimum absolute atomic E-state index is 0.0930. The van der Waals surface area contributed by atoms with E-state index < -0.39 is 11.9 Å². The number of aromatic nitrogens is 1. The summed E-state index contributed by atoms with van der Waals surface area (Å²) in [6, 6.07) is 26.5. The topological polar surface area (TPSA) is 104 Å². The first-order chi connectivity index (χ1) is 20.8. The van der Waals surface area contributed by atoms with E-state index in [4.69, 9.17) is 18.6 Å². The second-order valence-electron chi connectivity index (χ2n) is 10.2. The molecule has 220 valence electrons. The summed E-state index contributed by atoms with van der Waals surface area (Å²) in [7, 11) is 0. The van der Waals surface area contributed by atoms with Crippen molar-refractivity contribution < 1.29 is 28.2 Å². The van der Waals surface area contributed by atoms with Crippen molar-refractivity contribution in [2.75, 3.05) is 6.61 Å². The van der Waals surface area contributed by atoms with Crippen molar-refractivity contribution in [1.82, 2.24) is 9.99 Å². The number of aryl methyl sites for hydroxylation is 2. The maximum absolute atomic E-state index is 12.7. The lowest BCUT2D eigenvalue weighted by molar-refractivity contribution is -0.149. The molecule has 1 N–H and O–H groups in total. The van der Waals surface area contributed by atoms with Crippen LogP contribution in [0.5, 0.6) is 11.5 Å². The Kier molecular flexibility index (Phi) is 8.90. The fourth-order valence-corrected chi connectivity index (χ4v) is 4.68. The molecular formula is C34H33N3O6. The van der Waals surface area contributed by atoms with Crippen molar-refractivity contribution in [3.63, 3.8) is 0 Å². The number of esters is 1. The van der Waals surface area contributed by atoms with Crippen LogP contribution in [0, 0.1) is 13.8 Å². The van der Waals surface area contributed by atoms with Crippen molar-refractivity contribution in [1.29, 1.82) is 0 Å². The summed E-state index contributed by atoms with van der Waals surface area (Å²) >= 11 is 0. The van der Waals surface area contributed by atoms with Gasteiger partial charge < -0.3 is 23.2 Å². The third kappa shape index (κ3) is 7.13. The first-order valence-corrected chi connectivity index (χ1v) is 13.9. The summed E-state index contributed by atoms with van der Waals surface area (Å²) in [5.41, 5.74) is 6.47. The minimum atomic E-state index is -0.521. The third-order valence-corrected chi connectivity index (χ3v) is 6.64. The van der Waals surface area contributed by atoms with Gasteiger partial charge in [-0.05, 0) is 93.1 Å². The zero-order valence-corrected chi connectivity index (χ0v) is 24.5. The van der Waals surface area contributed by atoms with Gasteiger partial charge >= 0.3 is 11.9 Å². The average Bonchev–Trinajstić information content (AvgIpc) is 3.61. The fourth-order valence-electron chi connectivity index (χ4n) is 4.68. The molecular weight excluding hydrogens is 546 g/mol. The molecule has 3 aromatic carbocycles. The van der Waals surface area contributed by atoms with Gasteiger partial charge in [0, 0.05) is 22.6 Å². The predicted octanol–water partition coefficient (Wildman–Crippen LogP) is 6.51. The van der Waals surface area contributed by atoms with E-state index in [2.05, 4.69) is 41.1 Å². The predicted molar refractivity (Wildman–Crippen MR) is 164 cm³/mol. The van der Waals surface area contributed by atoms with Gasteiger partial charge in [-0.1, -0.05) is 30.3 Å². The van der Waals surface area contributed by atoms with Crippen LogP contribution in [0.2, 0.25) is 0 Å². The minimum Gasteiger partial charge on any atom is -0.486 e. The average molecular weight is 580 g/mol. The number of furan rings is 1. The molecule has 9 nitrogen and oxygen atoms in total. The number of hydrazone groups is 1. The highest BCUT2D eigenvalue weighted by molar-refractivity contribution is 6.03. The molecule has 0 spiro atoms. The van der Waals surface area contributed by atoms with Crippen LogP contribution < -0.4 is 14.9 Å². The van der Waals surface area contributed by atoms with Gasteiger partial charge in [0.25, 0.3) is 0 Å². The number of nitrogens with zero attached hydrogens (tertiary/aromatic N) is 2. The zero-order valence-electron chi connectivity index (χ0n) is 24.5. The van der Waals surface area contributed by atoms with Gasteiger partial charge in [-0.25, -0.2) is 10.2 Å². The molecule has 2 aromatic heterocycles. The SMILES string of the molecule is Cc1ccc(C)n1-c1ccc(OCc2ccc(C(=O)N/N=C/c3c(OCC(=O)OC(C)C)ccc4ccccc34)o2)cc1. The molecule has 0 saturated carbocycles. The normalized spacial score (nSPS) is 11.3. The highest BCUT2D eigenvalue weighted by Crippen LogP contribution is 2.27. The quantitative estimate of drug-likeness (QED) is 0.109. The summed E-state index contributed by atoms with van der Waals surface area (Å²) in [5, 5.41) is 5.93. The molecule has 0 saturated heterocycles. The Labute approximate surface area is 249 Å². The van der Waals surface area contributed by atoms with E-state index in [0.29, 0.717) is 22.8 Å². The van der Waals surface area contributed by atoms with E-state index in [-0.39, 0.29) is 25.1 Å². The molecule has 5 rings (SSSR count). The largest absolute Gasteiger partial charge is 0.486 e. The van der Waals surface area contributed by atoms with E-state index in [0.717, 1.165) is 27.8 Å². The maximum atomic E-state index is 12.7. The van der Waals surface area contributed by atoms with Crippen LogP contribution >= 0.6 is 0 Å². The van der Waals surface area contributed by atoms with Crippen LogP contribution in [0.25, 0.3) is 16.5 Å². The van der Waals surface area contributed by atoms with Crippen LogP contribution in [0.4, 0.5) is 0 Å². The Balaban J connectivity index is 1.21. The number of hydrogen-bond acceptors (Lipinski definition) is 7. The molecule has 0 unspecified atom stereocenters. The smallest absolute Gasteiger partial charge is 0.344 e. The highest BCUT2D eigenvalue weighted by Gasteiger charge is 2.14. The van der Waals surface area contributed by atoms with Gasteiger partial charge in [0.1, 0.15) is 23.9 Å².